The van der Waals surface area contributed by atoms with E-state index >= 15 is 0 Å². The Morgan fingerprint density at radius 1 is 1.20 bits per heavy atom. The van der Waals surface area contributed by atoms with Crippen LogP contribution in [0.3, 0.4) is 0 Å². The predicted molar refractivity (Wildman–Crippen MR) is 82.8 cm³/mol. The number of halogens is 1. The summed E-state index contributed by atoms with van der Waals surface area (Å²) in [5.74, 6) is -1.59. The van der Waals surface area contributed by atoms with Gasteiger partial charge in [0, 0.05) is 15.0 Å². The maximum Gasteiger partial charge on any atom is 0.329 e. The lowest BCUT2D eigenvalue weighted by atomic mass is 10.3. The summed E-state index contributed by atoms with van der Waals surface area (Å²) in [6.07, 6.45) is 1.48. The quantitative estimate of drug-likeness (QED) is 0.506. The van der Waals surface area contributed by atoms with Gasteiger partial charge in [0.1, 0.15) is 0 Å². The molecule has 2 N–H and O–H groups in total. The van der Waals surface area contributed by atoms with Crippen molar-refractivity contribution in [1.29, 1.82) is 0 Å². The number of benzene rings is 1. The number of hydrogen-bond donors (Lipinski definition) is 2. The first kappa shape index (κ1) is 14.4. The van der Waals surface area contributed by atoms with Gasteiger partial charge in [-0.05, 0) is 29.6 Å². The molecule has 0 saturated heterocycles. The highest BCUT2D eigenvalue weighted by molar-refractivity contribution is 9.10. The van der Waals surface area contributed by atoms with Gasteiger partial charge in [0.05, 0.1) is 6.21 Å². The summed E-state index contributed by atoms with van der Waals surface area (Å²) in [6.45, 7) is 0. The molecule has 5 nitrogen and oxygen atoms in total. The molecular formula is C13H10BrN3O2S. The Hall–Kier alpha value is -1.99. The highest BCUT2D eigenvalue weighted by Gasteiger charge is 2.12. The van der Waals surface area contributed by atoms with Crippen molar-refractivity contribution in [3.05, 3.63) is 51.1 Å². The number of anilines is 1. The molecule has 0 atom stereocenters. The first-order valence-corrected chi connectivity index (χ1v) is 7.26. The van der Waals surface area contributed by atoms with Crippen molar-refractivity contribution in [3.8, 4) is 0 Å². The highest BCUT2D eigenvalue weighted by Crippen LogP contribution is 2.15. The fourth-order valence-electron chi connectivity index (χ4n) is 1.32. The van der Waals surface area contributed by atoms with Gasteiger partial charge in [-0.2, -0.15) is 5.10 Å². The molecule has 0 unspecified atom stereocenters. The molecule has 20 heavy (non-hydrogen) atoms. The van der Waals surface area contributed by atoms with E-state index in [1.807, 2.05) is 23.6 Å². The van der Waals surface area contributed by atoms with Gasteiger partial charge in [-0.25, -0.2) is 5.43 Å². The molecule has 1 aromatic heterocycles. The predicted octanol–water partition coefficient (Wildman–Crippen LogP) is 2.60. The molecular weight excluding hydrogens is 342 g/mol. The van der Waals surface area contributed by atoms with Crippen LogP contribution in [0.2, 0.25) is 0 Å². The second-order valence-electron chi connectivity index (χ2n) is 3.68. The lowest BCUT2D eigenvalue weighted by molar-refractivity contribution is -0.136. The van der Waals surface area contributed by atoms with Crippen LogP contribution in [0.15, 0.2) is 51.4 Å². The molecule has 0 fully saturated rings. The number of thiophene rings is 1. The number of hydrogen-bond acceptors (Lipinski definition) is 4. The highest BCUT2D eigenvalue weighted by atomic mass is 79.9. The second-order valence-corrected chi connectivity index (χ2v) is 5.57. The van der Waals surface area contributed by atoms with Crippen molar-refractivity contribution >= 4 is 51.0 Å². The van der Waals surface area contributed by atoms with Crippen LogP contribution in [0.5, 0.6) is 0 Å². The van der Waals surface area contributed by atoms with Crippen molar-refractivity contribution in [2.75, 3.05) is 5.32 Å². The molecule has 7 heteroatoms. The third-order valence-corrected chi connectivity index (χ3v) is 3.49. The van der Waals surface area contributed by atoms with Gasteiger partial charge in [-0.3, -0.25) is 9.59 Å². The first-order chi connectivity index (χ1) is 9.65. The van der Waals surface area contributed by atoms with Gasteiger partial charge < -0.3 is 5.32 Å². The maximum absolute atomic E-state index is 11.6. The Balaban J connectivity index is 1.87. The Morgan fingerprint density at radius 2 is 2.05 bits per heavy atom. The summed E-state index contributed by atoms with van der Waals surface area (Å²) in [5, 5.41) is 8.08. The van der Waals surface area contributed by atoms with Gasteiger partial charge in [0.2, 0.25) is 0 Å². The minimum Gasteiger partial charge on any atom is -0.318 e. The molecule has 0 bridgehead atoms. The van der Waals surface area contributed by atoms with Gasteiger partial charge in [0.25, 0.3) is 0 Å². The number of carbonyl (C=O) groups is 2. The van der Waals surface area contributed by atoms with Gasteiger partial charge in [-0.15, -0.1) is 11.3 Å². The van der Waals surface area contributed by atoms with E-state index in [0.717, 1.165) is 9.35 Å². The van der Waals surface area contributed by atoms with E-state index in [1.54, 1.807) is 18.2 Å². The summed E-state index contributed by atoms with van der Waals surface area (Å²) >= 11 is 4.76. The van der Waals surface area contributed by atoms with Crippen LogP contribution in [0, 0.1) is 0 Å². The van der Waals surface area contributed by atoms with Crippen molar-refractivity contribution in [2.45, 2.75) is 0 Å². The number of rotatable bonds is 3. The van der Waals surface area contributed by atoms with Gasteiger partial charge >= 0.3 is 11.8 Å². The van der Waals surface area contributed by atoms with Crippen LogP contribution in [-0.2, 0) is 9.59 Å². The van der Waals surface area contributed by atoms with Crippen LogP contribution in [0.1, 0.15) is 4.88 Å². The van der Waals surface area contributed by atoms with E-state index in [0.29, 0.717) is 5.69 Å². The number of nitrogens with zero attached hydrogens (tertiary/aromatic N) is 1. The maximum atomic E-state index is 11.6. The fourth-order valence-corrected chi connectivity index (χ4v) is 2.31. The lowest BCUT2D eigenvalue weighted by Gasteiger charge is -2.03. The zero-order valence-electron chi connectivity index (χ0n) is 10.2. The van der Waals surface area contributed by atoms with E-state index in [-0.39, 0.29) is 0 Å². The molecule has 2 aromatic rings. The molecule has 102 valence electrons. The lowest BCUT2D eigenvalue weighted by Crippen LogP contribution is -2.32. The average Bonchev–Trinajstić information content (AvgIpc) is 2.91. The zero-order chi connectivity index (χ0) is 14.4. The molecule has 0 spiro atoms. The molecule has 2 amide bonds. The van der Waals surface area contributed by atoms with Crippen LogP contribution < -0.4 is 10.7 Å². The molecule has 1 heterocycles. The average molecular weight is 352 g/mol. The summed E-state index contributed by atoms with van der Waals surface area (Å²) < 4.78 is 0.812. The van der Waals surface area contributed by atoms with Crippen molar-refractivity contribution in [2.24, 2.45) is 5.10 Å². The van der Waals surface area contributed by atoms with E-state index in [4.69, 9.17) is 0 Å². The molecule has 0 radical (unpaired) electrons. The van der Waals surface area contributed by atoms with Crippen molar-refractivity contribution in [3.63, 3.8) is 0 Å². The van der Waals surface area contributed by atoms with Crippen LogP contribution in [0.4, 0.5) is 5.69 Å². The van der Waals surface area contributed by atoms with E-state index in [2.05, 4.69) is 31.8 Å². The van der Waals surface area contributed by atoms with Crippen LogP contribution >= 0.6 is 27.3 Å². The van der Waals surface area contributed by atoms with Crippen LogP contribution in [-0.4, -0.2) is 18.0 Å². The summed E-state index contributed by atoms with van der Waals surface area (Å²) in [6, 6.07) is 10.7. The zero-order valence-corrected chi connectivity index (χ0v) is 12.6. The molecule has 0 aliphatic carbocycles. The van der Waals surface area contributed by atoms with E-state index in [9.17, 15) is 9.59 Å². The second kappa shape index (κ2) is 6.97. The number of amides is 2. The molecule has 0 saturated carbocycles. The molecule has 0 aliphatic heterocycles. The third-order valence-electron chi connectivity index (χ3n) is 2.19. The number of hydrazone groups is 1. The van der Waals surface area contributed by atoms with Gasteiger partial charge in [0.15, 0.2) is 0 Å². The first-order valence-electron chi connectivity index (χ1n) is 5.58. The molecule has 1 aromatic carbocycles. The SMILES string of the molecule is O=C(N/N=C/c1cccs1)C(=O)Nc1cccc(Br)c1. The fraction of sp³-hybridized carbons (Fsp3) is 0. The topological polar surface area (TPSA) is 70.6 Å². The van der Waals surface area contributed by atoms with E-state index < -0.39 is 11.8 Å². The van der Waals surface area contributed by atoms with Crippen molar-refractivity contribution in [1.82, 2.24) is 5.43 Å². The monoisotopic (exact) mass is 351 g/mol. The molecule has 0 aliphatic rings. The Morgan fingerprint density at radius 3 is 2.75 bits per heavy atom. The number of nitrogens with one attached hydrogen (secondary N) is 2. The standard InChI is InChI=1S/C13H10BrN3O2S/c14-9-3-1-4-10(7-9)16-12(18)13(19)17-15-8-11-5-2-6-20-11/h1-8H,(H,16,18)(H,17,19)/b15-8+. The summed E-state index contributed by atoms with van der Waals surface area (Å²) in [5.41, 5.74) is 2.70. The Labute approximate surface area is 127 Å². The van der Waals surface area contributed by atoms with Crippen LogP contribution in [0.25, 0.3) is 0 Å². The van der Waals surface area contributed by atoms with Gasteiger partial charge in [-0.1, -0.05) is 28.1 Å². The largest absolute Gasteiger partial charge is 0.329 e. The smallest absolute Gasteiger partial charge is 0.318 e. The number of carbonyl (C=O) groups excluding carboxylic acids is 2. The Kier molecular flexibility index (Phi) is 5.03. The summed E-state index contributed by atoms with van der Waals surface area (Å²) in [7, 11) is 0. The minimum absolute atomic E-state index is 0.529. The Bertz CT molecular complexity index is 641. The third kappa shape index (κ3) is 4.29. The minimum atomic E-state index is -0.821. The molecule has 2 rings (SSSR count). The van der Waals surface area contributed by atoms with E-state index in [1.165, 1.54) is 17.6 Å². The van der Waals surface area contributed by atoms with Crippen molar-refractivity contribution < 1.29 is 9.59 Å². The summed E-state index contributed by atoms with van der Waals surface area (Å²) in [4.78, 5) is 24.0. The normalized spacial score (nSPS) is 10.4.